The van der Waals surface area contributed by atoms with Crippen molar-refractivity contribution in [2.45, 2.75) is 108 Å². The lowest BCUT2D eigenvalue weighted by Gasteiger charge is -2.46. The topological polar surface area (TPSA) is 50.8 Å². The molecule has 0 aromatic heterocycles. The summed E-state index contributed by atoms with van der Waals surface area (Å²) in [4.78, 5) is 15.3. The minimum Gasteiger partial charge on any atom is -0.399 e. The molecule has 3 fully saturated rings. The average molecular weight is 446 g/mol. The van der Waals surface area contributed by atoms with Crippen LogP contribution in [-0.2, 0) is 19.5 Å². The molecule has 8 heteroatoms. The third-order valence-corrected chi connectivity index (χ3v) is 8.27. The third-order valence-electron chi connectivity index (χ3n) is 8.27. The zero-order chi connectivity index (χ0) is 23.3. The van der Waals surface area contributed by atoms with Crippen molar-refractivity contribution < 1.29 is 22.9 Å². The molecule has 0 radical (unpaired) electrons. The minimum absolute atomic E-state index is 0.0784. The largest absolute Gasteiger partial charge is 0.494 e. The summed E-state index contributed by atoms with van der Waals surface area (Å²) in [5, 5.41) is 3.34. The number of carbonyl (C=O) groups is 1. The maximum Gasteiger partial charge on any atom is 0.494 e. The predicted octanol–water partition coefficient (Wildman–Crippen LogP) is 3.53. The van der Waals surface area contributed by atoms with Gasteiger partial charge in [0.25, 0.3) is 5.92 Å². The standard InChI is InChI=1S/C24H33BF2N2O3/c1-21(2)18-8-7-14(25-31-22(3,4)23(5,6)32-25)9-19(18)29(20(21)30)17-10-15(11-17)28-16-12-24(26,27)13-16/h7-9,15-17,28H,10-13H2,1-6H3/t15-,17+. The number of hydrogen-bond acceptors (Lipinski definition) is 4. The van der Waals surface area contributed by atoms with E-state index in [1.165, 1.54) is 0 Å². The van der Waals surface area contributed by atoms with Crippen LogP contribution in [0.5, 0.6) is 0 Å². The third kappa shape index (κ3) is 3.32. The van der Waals surface area contributed by atoms with Gasteiger partial charge in [0.2, 0.25) is 5.91 Å². The van der Waals surface area contributed by atoms with Crippen LogP contribution < -0.4 is 15.7 Å². The predicted molar refractivity (Wildman–Crippen MR) is 121 cm³/mol. The minimum atomic E-state index is -2.52. The Hall–Kier alpha value is -1.51. The second kappa shape index (κ2) is 6.77. The fourth-order valence-corrected chi connectivity index (χ4v) is 5.34. The summed E-state index contributed by atoms with van der Waals surface area (Å²) in [6, 6.07) is 6.22. The quantitative estimate of drug-likeness (QED) is 0.720. The zero-order valence-electron chi connectivity index (χ0n) is 19.8. The second-order valence-electron chi connectivity index (χ2n) is 11.6. The van der Waals surface area contributed by atoms with Crippen LogP contribution in [0.1, 0.15) is 72.8 Å². The number of halogens is 2. The molecule has 5 rings (SSSR count). The summed E-state index contributed by atoms with van der Waals surface area (Å²) in [7, 11) is -0.484. The van der Waals surface area contributed by atoms with Gasteiger partial charge < -0.3 is 19.5 Å². The van der Waals surface area contributed by atoms with Crippen LogP contribution in [0.25, 0.3) is 0 Å². The van der Waals surface area contributed by atoms with Gasteiger partial charge in [-0.3, -0.25) is 4.79 Å². The van der Waals surface area contributed by atoms with E-state index in [9.17, 15) is 13.6 Å². The summed E-state index contributed by atoms with van der Waals surface area (Å²) >= 11 is 0. The highest BCUT2D eigenvalue weighted by molar-refractivity contribution is 6.62. The number of alkyl halides is 2. The Kier molecular flexibility index (Phi) is 4.71. The number of rotatable bonds is 4. The fraction of sp³-hybridized carbons (Fsp3) is 0.708. The van der Waals surface area contributed by atoms with Gasteiger partial charge in [0.1, 0.15) is 0 Å². The van der Waals surface area contributed by atoms with Crippen molar-refractivity contribution in [3.63, 3.8) is 0 Å². The van der Waals surface area contributed by atoms with Crippen molar-refractivity contribution in [2.24, 2.45) is 0 Å². The first-order valence-electron chi connectivity index (χ1n) is 11.7. The molecule has 1 N–H and O–H groups in total. The highest BCUT2D eigenvalue weighted by Crippen LogP contribution is 2.46. The van der Waals surface area contributed by atoms with Crippen molar-refractivity contribution in [2.75, 3.05) is 4.90 Å². The molecule has 0 spiro atoms. The molecule has 2 aliphatic heterocycles. The van der Waals surface area contributed by atoms with Gasteiger partial charge in [-0.15, -0.1) is 0 Å². The maximum absolute atomic E-state index is 13.4. The lowest BCUT2D eigenvalue weighted by molar-refractivity contribution is -0.123. The Morgan fingerprint density at radius 1 is 1.00 bits per heavy atom. The van der Waals surface area contributed by atoms with Gasteiger partial charge in [-0.05, 0) is 71.5 Å². The summed E-state index contributed by atoms with van der Waals surface area (Å²) < 4.78 is 38.7. The Morgan fingerprint density at radius 3 is 2.16 bits per heavy atom. The van der Waals surface area contributed by atoms with Gasteiger partial charge >= 0.3 is 7.12 Å². The van der Waals surface area contributed by atoms with Crippen LogP contribution in [-0.4, -0.2) is 48.3 Å². The van der Waals surface area contributed by atoms with E-state index in [1.54, 1.807) is 0 Å². The van der Waals surface area contributed by atoms with E-state index in [0.29, 0.717) is 0 Å². The number of hydrogen-bond donors (Lipinski definition) is 1. The lowest BCUT2D eigenvalue weighted by Crippen LogP contribution is -2.60. The van der Waals surface area contributed by atoms with Crippen LogP contribution in [0.2, 0.25) is 0 Å². The molecule has 2 aliphatic carbocycles. The lowest BCUT2D eigenvalue weighted by atomic mass is 9.76. The van der Waals surface area contributed by atoms with Gasteiger partial charge in [-0.25, -0.2) is 8.78 Å². The fourth-order valence-electron chi connectivity index (χ4n) is 5.34. The van der Waals surface area contributed by atoms with Crippen molar-refractivity contribution >= 4 is 24.2 Å². The maximum atomic E-state index is 13.4. The van der Waals surface area contributed by atoms with Crippen LogP contribution in [0.15, 0.2) is 18.2 Å². The molecule has 0 atom stereocenters. The molecule has 2 saturated carbocycles. The van der Waals surface area contributed by atoms with Crippen molar-refractivity contribution in [3.05, 3.63) is 23.8 Å². The first kappa shape index (κ1) is 22.3. The Balaban J connectivity index is 1.34. The smallest absolute Gasteiger partial charge is 0.399 e. The Bertz CT molecular complexity index is 935. The van der Waals surface area contributed by atoms with E-state index >= 15 is 0 Å². The zero-order valence-corrected chi connectivity index (χ0v) is 19.8. The molecular formula is C24H33BF2N2O3. The Morgan fingerprint density at radius 2 is 1.59 bits per heavy atom. The molecule has 1 saturated heterocycles. The van der Waals surface area contributed by atoms with E-state index in [2.05, 4.69) is 5.32 Å². The molecule has 2 heterocycles. The molecule has 1 amide bonds. The number of benzene rings is 1. The first-order chi connectivity index (χ1) is 14.7. The summed E-state index contributed by atoms with van der Waals surface area (Å²) in [5.41, 5.74) is 1.37. The number of nitrogens with one attached hydrogen (secondary N) is 1. The highest BCUT2D eigenvalue weighted by atomic mass is 19.3. The summed E-state index contributed by atoms with van der Waals surface area (Å²) in [6.07, 6.45) is 1.41. The van der Waals surface area contributed by atoms with Crippen LogP contribution in [0.4, 0.5) is 14.5 Å². The molecule has 0 unspecified atom stereocenters. The van der Waals surface area contributed by atoms with E-state index in [0.717, 1.165) is 29.6 Å². The van der Waals surface area contributed by atoms with Crippen molar-refractivity contribution in [1.82, 2.24) is 5.32 Å². The van der Waals surface area contributed by atoms with Crippen LogP contribution in [0, 0.1) is 0 Å². The number of fused-ring (bicyclic) bond motifs is 1. The number of amides is 1. The SMILES string of the molecule is CC1(C)C(=O)N([C@H]2C[C@@H](NC3CC(F)(F)C3)C2)c2cc(B3OC(C)(C)C(C)(C)O3)ccc21. The first-order valence-corrected chi connectivity index (χ1v) is 11.7. The van der Waals surface area contributed by atoms with Gasteiger partial charge in [-0.1, -0.05) is 12.1 Å². The molecule has 174 valence electrons. The number of nitrogens with zero attached hydrogens (tertiary/aromatic N) is 1. The van der Waals surface area contributed by atoms with Gasteiger partial charge in [0, 0.05) is 36.7 Å². The molecular weight excluding hydrogens is 413 g/mol. The highest BCUT2D eigenvalue weighted by Gasteiger charge is 2.54. The molecule has 32 heavy (non-hydrogen) atoms. The van der Waals surface area contributed by atoms with Gasteiger partial charge in [-0.2, -0.15) is 0 Å². The van der Waals surface area contributed by atoms with E-state index < -0.39 is 29.7 Å². The van der Waals surface area contributed by atoms with Crippen LogP contribution >= 0.6 is 0 Å². The molecule has 5 nitrogen and oxygen atoms in total. The van der Waals surface area contributed by atoms with E-state index in [4.69, 9.17) is 9.31 Å². The Labute approximate surface area is 189 Å². The van der Waals surface area contributed by atoms with E-state index in [1.807, 2.05) is 64.6 Å². The van der Waals surface area contributed by atoms with Gasteiger partial charge in [0.15, 0.2) is 0 Å². The molecule has 4 aliphatic rings. The van der Waals surface area contributed by atoms with Crippen molar-refractivity contribution in [1.29, 1.82) is 0 Å². The average Bonchev–Trinajstić information content (AvgIpc) is 2.95. The molecule has 1 aromatic rings. The summed E-state index contributed by atoms with van der Waals surface area (Å²) in [5.74, 6) is -2.42. The second-order valence-corrected chi connectivity index (χ2v) is 11.6. The van der Waals surface area contributed by atoms with Crippen molar-refractivity contribution in [3.8, 4) is 0 Å². The summed E-state index contributed by atoms with van der Waals surface area (Å²) in [6.45, 7) is 12.0. The molecule has 1 aromatic carbocycles. The van der Waals surface area contributed by atoms with E-state index in [-0.39, 0.29) is 36.9 Å². The monoisotopic (exact) mass is 446 g/mol. The van der Waals surface area contributed by atoms with Gasteiger partial charge in [0.05, 0.1) is 16.6 Å². The normalized spacial score (nSPS) is 31.9. The van der Waals surface area contributed by atoms with Crippen LogP contribution in [0.3, 0.4) is 0 Å². The number of carbonyl (C=O) groups excluding carboxylic acids is 1. The molecule has 0 bridgehead atoms. The number of anilines is 1.